The summed E-state index contributed by atoms with van der Waals surface area (Å²) >= 11 is 0. The van der Waals surface area contributed by atoms with E-state index in [4.69, 9.17) is 4.42 Å². The molecule has 1 aromatic heterocycles. The molecular weight excluding hydrogens is 268 g/mol. The summed E-state index contributed by atoms with van der Waals surface area (Å²) in [4.78, 5) is 14.0. The van der Waals surface area contributed by atoms with Gasteiger partial charge in [-0.2, -0.15) is 0 Å². The van der Waals surface area contributed by atoms with Crippen LogP contribution in [0.15, 0.2) is 16.5 Å². The maximum Gasteiger partial charge on any atom is 0.373 e. The van der Waals surface area contributed by atoms with E-state index in [1.54, 1.807) is 6.07 Å². The van der Waals surface area contributed by atoms with Crippen LogP contribution < -0.4 is 5.32 Å². The Morgan fingerprint density at radius 2 is 2.29 bits per heavy atom. The van der Waals surface area contributed by atoms with E-state index in [0.29, 0.717) is 17.8 Å². The molecule has 21 heavy (non-hydrogen) atoms. The van der Waals surface area contributed by atoms with E-state index < -0.39 is 5.97 Å². The molecule has 1 aromatic rings. The third-order valence-corrected chi connectivity index (χ3v) is 4.63. The summed E-state index contributed by atoms with van der Waals surface area (Å²) in [5.74, 6) is 0.731. The van der Waals surface area contributed by atoms with Gasteiger partial charge in [0.1, 0.15) is 5.76 Å². The van der Waals surface area contributed by atoms with Crippen molar-refractivity contribution in [1.82, 2.24) is 10.2 Å². The first-order valence-electron chi connectivity index (χ1n) is 7.92. The first kappa shape index (κ1) is 14.6. The van der Waals surface area contributed by atoms with E-state index in [9.17, 15) is 4.79 Å². The summed E-state index contributed by atoms with van der Waals surface area (Å²) in [7, 11) is 1.37. The maximum atomic E-state index is 11.5. The van der Waals surface area contributed by atoms with Crippen LogP contribution in [-0.4, -0.2) is 43.2 Å². The van der Waals surface area contributed by atoms with Crippen LogP contribution in [-0.2, 0) is 11.3 Å². The Morgan fingerprint density at radius 3 is 3.05 bits per heavy atom. The van der Waals surface area contributed by atoms with E-state index in [1.807, 2.05) is 6.07 Å². The molecule has 116 valence electrons. The second kappa shape index (κ2) is 6.62. The molecule has 3 rings (SSSR count). The van der Waals surface area contributed by atoms with Crippen LogP contribution in [0.5, 0.6) is 0 Å². The zero-order chi connectivity index (χ0) is 14.7. The van der Waals surface area contributed by atoms with Gasteiger partial charge in [0.2, 0.25) is 5.76 Å². The zero-order valence-electron chi connectivity index (χ0n) is 12.6. The highest BCUT2D eigenvalue weighted by atomic mass is 16.5. The van der Waals surface area contributed by atoms with E-state index in [0.717, 1.165) is 25.4 Å². The Balaban J connectivity index is 1.66. The van der Waals surface area contributed by atoms with Gasteiger partial charge >= 0.3 is 5.97 Å². The van der Waals surface area contributed by atoms with Crippen molar-refractivity contribution in [3.8, 4) is 0 Å². The molecule has 2 atom stereocenters. The molecule has 5 heteroatoms. The monoisotopic (exact) mass is 292 g/mol. The number of methoxy groups -OCH3 is 1. The number of furan rings is 1. The number of hydrogen-bond acceptors (Lipinski definition) is 5. The van der Waals surface area contributed by atoms with Gasteiger partial charge < -0.3 is 14.5 Å². The van der Waals surface area contributed by atoms with Crippen molar-refractivity contribution in [2.75, 3.05) is 20.2 Å². The van der Waals surface area contributed by atoms with Crippen LogP contribution in [0.25, 0.3) is 0 Å². The number of likely N-dealkylation sites (tertiary alicyclic amines) is 1. The van der Waals surface area contributed by atoms with Crippen LogP contribution in [0.4, 0.5) is 0 Å². The third-order valence-electron chi connectivity index (χ3n) is 4.63. The molecular formula is C16H24N2O3. The quantitative estimate of drug-likeness (QED) is 0.862. The van der Waals surface area contributed by atoms with Crippen LogP contribution in [0.3, 0.4) is 0 Å². The Kier molecular flexibility index (Phi) is 4.60. The first-order valence-corrected chi connectivity index (χ1v) is 7.92. The molecule has 0 aromatic carbocycles. The maximum absolute atomic E-state index is 11.5. The minimum atomic E-state index is -0.408. The van der Waals surface area contributed by atoms with Gasteiger partial charge in [-0.05, 0) is 50.9 Å². The summed E-state index contributed by atoms with van der Waals surface area (Å²) < 4.78 is 10.3. The largest absolute Gasteiger partial charge is 0.463 e. The molecule has 2 aliphatic rings. The van der Waals surface area contributed by atoms with Gasteiger partial charge in [0.25, 0.3) is 0 Å². The lowest BCUT2D eigenvalue weighted by Crippen LogP contribution is -2.49. The molecule has 0 saturated carbocycles. The minimum absolute atomic E-state index is 0.292. The standard InChI is InChI=1S/C16H24N2O3/c1-20-16(19)15-8-7-12(21-15)11-18-10-3-2-6-14(18)13-5-4-9-17-13/h7-8,13-14,17H,2-6,9-11H2,1H3. The summed E-state index contributed by atoms with van der Waals surface area (Å²) in [5, 5.41) is 3.63. The number of nitrogens with one attached hydrogen (secondary N) is 1. The molecule has 0 aliphatic carbocycles. The van der Waals surface area contributed by atoms with E-state index >= 15 is 0 Å². The second-order valence-corrected chi connectivity index (χ2v) is 5.99. The topological polar surface area (TPSA) is 54.7 Å². The van der Waals surface area contributed by atoms with E-state index in [2.05, 4.69) is 15.0 Å². The number of rotatable bonds is 4. The average molecular weight is 292 g/mol. The third kappa shape index (κ3) is 3.30. The Morgan fingerprint density at radius 1 is 1.38 bits per heavy atom. The minimum Gasteiger partial charge on any atom is -0.463 e. The first-order chi connectivity index (χ1) is 10.3. The summed E-state index contributed by atoms with van der Waals surface area (Å²) in [6.45, 7) is 3.03. The summed E-state index contributed by atoms with van der Waals surface area (Å²) in [6, 6.07) is 4.79. The molecule has 0 amide bonds. The smallest absolute Gasteiger partial charge is 0.373 e. The van der Waals surface area contributed by atoms with Crippen LogP contribution in [0.1, 0.15) is 48.4 Å². The molecule has 2 saturated heterocycles. The fourth-order valence-corrected chi connectivity index (χ4v) is 3.58. The van der Waals surface area contributed by atoms with Gasteiger partial charge in [-0.3, -0.25) is 4.90 Å². The van der Waals surface area contributed by atoms with Crippen molar-refractivity contribution >= 4 is 5.97 Å². The van der Waals surface area contributed by atoms with Crippen LogP contribution in [0, 0.1) is 0 Å². The van der Waals surface area contributed by atoms with Gasteiger partial charge in [0.15, 0.2) is 0 Å². The predicted octanol–water partition coefficient (Wildman–Crippen LogP) is 2.17. The van der Waals surface area contributed by atoms with Gasteiger partial charge in [0, 0.05) is 12.1 Å². The average Bonchev–Trinajstić information content (AvgIpc) is 3.18. The number of hydrogen-bond donors (Lipinski definition) is 1. The molecule has 0 bridgehead atoms. The Hall–Kier alpha value is -1.33. The summed E-state index contributed by atoms with van der Waals surface area (Å²) in [5.41, 5.74) is 0. The van der Waals surface area contributed by atoms with Gasteiger partial charge in [-0.1, -0.05) is 6.42 Å². The predicted molar refractivity (Wildman–Crippen MR) is 79.1 cm³/mol. The van der Waals surface area contributed by atoms with Crippen molar-refractivity contribution in [3.63, 3.8) is 0 Å². The number of carbonyl (C=O) groups is 1. The Bertz CT molecular complexity index is 480. The van der Waals surface area contributed by atoms with Crippen molar-refractivity contribution in [2.24, 2.45) is 0 Å². The zero-order valence-corrected chi connectivity index (χ0v) is 12.6. The molecule has 0 spiro atoms. The van der Waals surface area contributed by atoms with Crippen LogP contribution >= 0.6 is 0 Å². The highest BCUT2D eigenvalue weighted by Crippen LogP contribution is 2.26. The van der Waals surface area contributed by atoms with E-state index in [-0.39, 0.29) is 0 Å². The molecule has 3 heterocycles. The fourth-order valence-electron chi connectivity index (χ4n) is 3.58. The molecule has 2 unspecified atom stereocenters. The molecule has 0 radical (unpaired) electrons. The van der Waals surface area contributed by atoms with Crippen molar-refractivity contribution in [1.29, 1.82) is 0 Å². The lowest BCUT2D eigenvalue weighted by molar-refractivity contribution is 0.0556. The fraction of sp³-hybridized carbons (Fsp3) is 0.688. The highest BCUT2D eigenvalue weighted by Gasteiger charge is 2.32. The number of esters is 1. The Labute approximate surface area is 125 Å². The van der Waals surface area contributed by atoms with Gasteiger partial charge in [-0.15, -0.1) is 0 Å². The van der Waals surface area contributed by atoms with Crippen molar-refractivity contribution < 1.29 is 13.9 Å². The van der Waals surface area contributed by atoms with Crippen molar-refractivity contribution in [2.45, 2.75) is 50.7 Å². The number of piperidine rings is 1. The van der Waals surface area contributed by atoms with E-state index in [1.165, 1.54) is 39.2 Å². The highest BCUT2D eigenvalue weighted by molar-refractivity contribution is 5.86. The SMILES string of the molecule is COC(=O)c1ccc(CN2CCCCC2C2CCCN2)o1. The second-order valence-electron chi connectivity index (χ2n) is 5.99. The normalized spacial score (nSPS) is 26.9. The summed E-state index contributed by atoms with van der Waals surface area (Å²) in [6.07, 6.45) is 6.36. The number of ether oxygens (including phenoxy) is 1. The molecule has 2 aliphatic heterocycles. The molecule has 2 fully saturated rings. The lowest BCUT2D eigenvalue weighted by atomic mass is 9.94. The van der Waals surface area contributed by atoms with Gasteiger partial charge in [0.05, 0.1) is 13.7 Å². The molecule has 5 nitrogen and oxygen atoms in total. The molecule has 1 N–H and O–H groups in total. The number of nitrogens with zero attached hydrogens (tertiary/aromatic N) is 1. The lowest BCUT2D eigenvalue weighted by Gasteiger charge is -2.38. The van der Waals surface area contributed by atoms with Crippen LogP contribution in [0.2, 0.25) is 0 Å². The van der Waals surface area contributed by atoms with Gasteiger partial charge in [-0.25, -0.2) is 4.79 Å². The van der Waals surface area contributed by atoms with Crippen molar-refractivity contribution in [3.05, 3.63) is 23.7 Å². The number of carbonyl (C=O) groups excluding carboxylic acids is 1.